The zero-order valence-electron chi connectivity index (χ0n) is 10.3. The molecule has 0 atom stereocenters. The first-order valence-corrected chi connectivity index (χ1v) is 5.74. The van der Waals surface area contributed by atoms with Crippen LogP contribution < -0.4 is 4.74 Å². The van der Waals surface area contributed by atoms with Crippen molar-refractivity contribution in [1.82, 2.24) is 14.6 Å². The number of pyridine rings is 1. The fraction of sp³-hybridized carbons (Fsp3) is 0.143. The SMILES string of the molecule is COc1ccc(-c2ccc3nnc(C)n3c2)cc1. The Labute approximate surface area is 105 Å². The topological polar surface area (TPSA) is 39.4 Å². The second kappa shape index (κ2) is 4.14. The molecule has 0 aliphatic rings. The molecule has 0 saturated carbocycles. The molecular formula is C14H13N3O. The first-order valence-electron chi connectivity index (χ1n) is 5.74. The van der Waals surface area contributed by atoms with E-state index >= 15 is 0 Å². The van der Waals surface area contributed by atoms with E-state index in [0.717, 1.165) is 28.3 Å². The molecule has 2 heterocycles. The summed E-state index contributed by atoms with van der Waals surface area (Å²) in [5.41, 5.74) is 3.14. The van der Waals surface area contributed by atoms with Crippen molar-refractivity contribution in [2.75, 3.05) is 7.11 Å². The van der Waals surface area contributed by atoms with Crippen molar-refractivity contribution < 1.29 is 4.74 Å². The molecule has 0 unspecified atom stereocenters. The summed E-state index contributed by atoms with van der Waals surface area (Å²) in [7, 11) is 1.67. The van der Waals surface area contributed by atoms with Crippen molar-refractivity contribution in [2.45, 2.75) is 6.92 Å². The van der Waals surface area contributed by atoms with Gasteiger partial charge in [0.05, 0.1) is 7.11 Å². The number of aryl methyl sites for hydroxylation is 1. The largest absolute Gasteiger partial charge is 0.497 e. The molecule has 18 heavy (non-hydrogen) atoms. The quantitative estimate of drug-likeness (QED) is 0.690. The van der Waals surface area contributed by atoms with Crippen LogP contribution in [-0.2, 0) is 0 Å². The Morgan fingerprint density at radius 3 is 2.39 bits per heavy atom. The van der Waals surface area contributed by atoms with Crippen LogP contribution in [0.1, 0.15) is 5.82 Å². The molecule has 1 aromatic carbocycles. The van der Waals surface area contributed by atoms with Gasteiger partial charge in [0.1, 0.15) is 11.6 Å². The summed E-state index contributed by atoms with van der Waals surface area (Å²) in [6, 6.07) is 12.0. The number of benzene rings is 1. The Morgan fingerprint density at radius 2 is 1.67 bits per heavy atom. The summed E-state index contributed by atoms with van der Waals surface area (Å²) in [5.74, 6) is 1.75. The van der Waals surface area contributed by atoms with Crippen molar-refractivity contribution in [3.8, 4) is 16.9 Å². The van der Waals surface area contributed by atoms with E-state index in [-0.39, 0.29) is 0 Å². The Balaban J connectivity index is 2.09. The highest BCUT2D eigenvalue weighted by Crippen LogP contribution is 2.22. The molecule has 90 valence electrons. The zero-order valence-corrected chi connectivity index (χ0v) is 10.3. The third-order valence-corrected chi connectivity index (χ3v) is 3.00. The number of hydrogen-bond donors (Lipinski definition) is 0. The van der Waals surface area contributed by atoms with E-state index in [2.05, 4.69) is 10.2 Å². The summed E-state index contributed by atoms with van der Waals surface area (Å²) >= 11 is 0. The van der Waals surface area contributed by atoms with Crippen LogP contribution in [0.5, 0.6) is 5.75 Å². The Hall–Kier alpha value is -2.36. The number of ether oxygens (including phenoxy) is 1. The van der Waals surface area contributed by atoms with E-state index in [1.54, 1.807) is 7.11 Å². The predicted octanol–water partition coefficient (Wildman–Crippen LogP) is 2.71. The van der Waals surface area contributed by atoms with Gasteiger partial charge in [-0.2, -0.15) is 0 Å². The number of aromatic nitrogens is 3. The molecule has 2 aromatic heterocycles. The van der Waals surface area contributed by atoms with E-state index < -0.39 is 0 Å². The van der Waals surface area contributed by atoms with Crippen LogP contribution in [0.3, 0.4) is 0 Å². The van der Waals surface area contributed by atoms with Crippen molar-refractivity contribution >= 4 is 5.65 Å². The van der Waals surface area contributed by atoms with Gasteiger partial charge in [-0.15, -0.1) is 10.2 Å². The molecule has 4 heteroatoms. The van der Waals surface area contributed by atoms with Gasteiger partial charge >= 0.3 is 0 Å². The van der Waals surface area contributed by atoms with E-state index in [9.17, 15) is 0 Å². The minimum atomic E-state index is 0.861. The molecule has 3 aromatic rings. The minimum absolute atomic E-state index is 0.861. The molecule has 0 spiro atoms. The first-order chi connectivity index (χ1) is 8.78. The van der Waals surface area contributed by atoms with Gasteiger partial charge in [-0.05, 0) is 42.3 Å². The lowest BCUT2D eigenvalue weighted by Gasteiger charge is -2.04. The van der Waals surface area contributed by atoms with Crippen LogP contribution >= 0.6 is 0 Å². The number of fused-ring (bicyclic) bond motifs is 1. The number of hydrogen-bond acceptors (Lipinski definition) is 3. The average Bonchev–Trinajstić information content (AvgIpc) is 2.80. The molecule has 0 aliphatic heterocycles. The first kappa shape index (κ1) is 10.8. The third-order valence-electron chi connectivity index (χ3n) is 3.00. The van der Waals surface area contributed by atoms with Gasteiger partial charge in [-0.1, -0.05) is 12.1 Å². The summed E-state index contributed by atoms with van der Waals surface area (Å²) < 4.78 is 7.14. The van der Waals surface area contributed by atoms with Crippen LogP contribution in [0.25, 0.3) is 16.8 Å². The number of rotatable bonds is 2. The monoisotopic (exact) mass is 239 g/mol. The highest BCUT2D eigenvalue weighted by atomic mass is 16.5. The van der Waals surface area contributed by atoms with E-state index in [0.29, 0.717) is 0 Å². The Bertz CT molecular complexity index is 686. The van der Waals surface area contributed by atoms with E-state index in [4.69, 9.17) is 4.74 Å². The average molecular weight is 239 g/mol. The molecule has 0 fully saturated rings. The molecule has 0 radical (unpaired) electrons. The van der Waals surface area contributed by atoms with Gasteiger partial charge in [-0.25, -0.2) is 0 Å². The predicted molar refractivity (Wildman–Crippen MR) is 69.7 cm³/mol. The van der Waals surface area contributed by atoms with Gasteiger partial charge in [0.25, 0.3) is 0 Å². The fourth-order valence-corrected chi connectivity index (χ4v) is 1.96. The van der Waals surface area contributed by atoms with Crippen molar-refractivity contribution in [3.05, 3.63) is 48.4 Å². The van der Waals surface area contributed by atoms with Gasteiger partial charge in [-0.3, -0.25) is 4.40 Å². The highest BCUT2D eigenvalue weighted by molar-refractivity contribution is 5.65. The lowest BCUT2D eigenvalue weighted by atomic mass is 10.1. The Morgan fingerprint density at radius 1 is 0.944 bits per heavy atom. The molecule has 4 nitrogen and oxygen atoms in total. The normalized spacial score (nSPS) is 10.8. The minimum Gasteiger partial charge on any atom is -0.497 e. The molecular weight excluding hydrogens is 226 g/mol. The zero-order chi connectivity index (χ0) is 12.5. The lowest BCUT2D eigenvalue weighted by Crippen LogP contribution is -1.89. The van der Waals surface area contributed by atoms with E-state index in [1.807, 2.05) is 53.9 Å². The van der Waals surface area contributed by atoms with Crippen LogP contribution in [0, 0.1) is 6.92 Å². The van der Waals surface area contributed by atoms with Gasteiger partial charge < -0.3 is 4.74 Å². The smallest absolute Gasteiger partial charge is 0.160 e. The van der Waals surface area contributed by atoms with Crippen molar-refractivity contribution in [3.63, 3.8) is 0 Å². The molecule has 0 bridgehead atoms. The maximum Gasteiger partial charge on any atom is 0.160 e. The Kier molecular flexibility index (Phi) is 2.48. The molecule has 0 aliphatic carbocycles. The fourth-order valence-electron chi connectivity index (χ4n) is 1.96. The maximum absolute atomic E-state index is 5.16. The molecule has 3 rings (SSSR count). The second-order valence-electron chi connectivity index (χ2n) is 4.12. The molecule has 0 amide bonds. The molecule has 0 N–H and O–H groups in total. The van der Waals surface area contributed by atoms with Crippen LogP contribution in [-0.4, -0.2) is 21.7 Å². The van der Waals surface area contributed by atoms with Crippen LogP contribution in [0.2, 0.25) is 0 Å². The van der Waals surface area contributed by atoms with Crippen molar-refractivity contribution in [2.24, 2.45) is 0 Å². The number of nitrogens with zero attached hydrogens (tertiary/aromatic N) is 3. The lowest BCUT2D eigenvalue weighted by molar-refractivity contribution is 0.415. The summed E-state index contributed by atoms with van der Waals surface area (Å²) in [5, 5.41) is 8.12. The molecule has 0 saturated heterocycles. The third kappa shape index (κ3) is 1.72. The van der Waals surface area contributed by atoms with Gasteiger partial charge in [0.2, 0.25) is 0 Å². The maximum atomic E-state index is 5.16. The van der Waals surface area contributed by atoms with Crippen LogP contribution in [0.4, 0.5) is 0 Å². The van der Waals surface area contributed by atoms with Gasteiger partial charge in [0.15, 0.2) is 5.65 Å². The van der Waals surface area contributed by atoms with Crippen molar-refractivity contribution in [1.29, 1.82) is 0 Å². The second-order valence-corrected chi connectivity index (χ2v) is 4.12. The van der Waals surface area contributed by atoms with Gasteiger partial charge in [0, 0.05) is 6.20 Å². The summed E-state index contributed by atoms with van der Waals surface area (Å²) in [6.07, 6.45) is 2.05. The highest BCUT2D eigenvalue weighted by Gasteiger charge is 2.03. The summed E-state index contributed by atoms with van der Waals surface area (Å²) in [4.78, 5) is 0. The summed E-state index contributed by atoms with van der Waals surface area (Å²) in [6.45, 7) is 1.94. The standard InChI is InChI=1S/C14H13N3O/c1-10-15-16-14-8-5-12(9-17(10)14)11-3-6-13(18-2)7-4-11/h3-9H,1-2H3. The number of methoxy groups -OCH3 is 1. The van der Waals surface area contributed by atoms with E-state index in [1.165, 1.54) is 0 Å². The van der Waals surface area contributed by atoms with Crippen LogP contribution in [0.15, 0.2) is 42.6 Å².